The van der Waals surface area contributed by atoms with Crippen molar-refractivity contribution in [2.24, 2.45) is 11.7 Å². The van der Waals surface area contributed by atoms with E-state index < -0.39 is 0 Å². The van der Waals surface area contributed by atoms with Gasteiger partial charge in [0.2, 0.25) is 0 Å². The van der Waals surface area contributed by atoms with Crippen molar-refractivity contribution in [1.82, 2.24) is 0 Å². The summed E-state index contributed by atoms with van der Waals surface area (Å²) in [4.78, 5) is 0. The predicted octanol–water partition coefficient (Wildman–Crippen LogP) is 3.27. The van der Waals surface area contributed by atoms with E-state index in [-0.39, 0.29) is 6.04 Å². The van der Waals surface area contributed by atoms with Gasteiger partial charge in [-0.2, -0.15) is 0 Å². The minimum atomic E-state index is 0.239. The fourth-order valence-electron chi connectivity index (χ4n) is 1.58. The van der Waals surface area contributed by atoms with Crippen LogP contribution in [0.15, 0.2) is 24.3 Å². The van der Waals surface area contributed by atoms with Gasteiger partial charge in [-0.15, -0.1) is 0 Å². The van der Waals surface area contributed by atoms with E-state index in [0.717, 1.165) is 12.8 Å². The monoisotopic (exact) mass is 181 g/mol. The number of rotatable bonds is 6. The largest absolute Gasteiger partial charge is 0.327 e. The zero-order chi connectivity index (χ0) is 10.3. The lowest BCUT2D eigenvalue weighted by molar-refractivity contribution is 0.462. The molecule has 0 aromatic heterocycles. The van der Waals surface area contributed by atoms with Crippen molar-refractivity contribution in [1.29, 1.82) is 0 Å². The minimum Gasteiger partial charge on any atom is -0.327 e. The molecule has 0 aliphatic heterocycles. The van der Waals surface area contributed by atoms with Crippen molar-refractivity contribution in [3.05, 3.63) is 24.3 Å². The first kappa shape index (κ1) is 12.4. The maximum atomic E-state index is 5.87. The summed E-state index contributed by atoms with van der Waals surface area (Å²) in [6.45, 7) is 10.2. The van der Waals surface area contributed by atoms with E-state index in [9.17, 15) is 0 Å². The molecule has 76 valence electrons. The van der Waals surface area contributed by atoms with E-state index in [2.05, 4.69) is 39.5 Å². The van der Waals surface area contributed by atoms with Crippen molar-refractivity contribution >= 4 is 0 Å². The third kappa shape index (κ3) is 5.64. The van der Waals surface area contributed by atoms with Crippen molar-refractivity contribution in [2.45, 2.75) is 46.1 Å². The molecule has 1 heteroatoms. The molecular formula is C12H23N. The molecule has 0 fully saturated rings. The lowest BCUT2D eigenvalue weighted by Crippen LogP contribution is -2.27. The van der Waals surface area contributed by atoms with Gasteiger partial charge in [-0.05, 0) is 46.0 Å². The molecule has 0 aromatic carbocycles. The highest BCUT2D eigenvalue weighted by Crippen LogP contribution is 2.19. The number of unbranched alkanes of at least 4 members (excludes halogenated alkanes) is 1. The highest BCUT2D eigenvalue weighted by molar-refractivity contribution is 4.99. The highest BCUT2D eigenvalue weighted by Gasteiger charge is 2.12. The Hall–Kier alpha value is -0.560. The summed E-state index contributed by atoms with van der Waals surface area (Å²) in [5.41, 5.74) is 7.09. The molecule has 0 saturated heterocycles. The SMILES string of the molecule is C=C(C)[C@H](CCC/C=C\C)C(C)N. The first-order chi connectivity index (χ1) is 6.09. The Kier molecular flexibility index (Phi) is 6.61. The summed E-state index contributed by atoms with van der Waals surface area (Å²) in [5, 5.41) is 0. The summed E-state index contributed by atoms with van der Waals surface area (Å²) < 4.78 is 0. The number of nitrogens with two attached hydrogens (primary N) is 1. The van der Waals surface area contributed by atoms with E-state index >= 15 is 0 Å². The van der Waals surface area contributed by atoms with Gasteiger partial charge in [0.05, 0.1) is 0 Å². The van der Waals surface area contributed by atoms with Crippen LogP contribution in [0.25, 0.3) is 0 Å². The molecule has 0 bridgehead atoms. The fourth-order valence-corrected chi connectivity index (χ4v) is 1.58. The average molecular weight is 181 g/mol. The molecule has 0 amide bonds. The van der Waals surface area contributed by atoms with Gasteiger partial charge in [0.1, 0.15) is 0 Å². The van der Waals surface area contributed by atoms with Gasteiger partial charge in [0.25, 0.3) is 0 Å². The van der Waals surface area contributed by atoms with Crippen LogP contribution in [-0.2, 0) is 0 Å². The molecule has 2 N–H and O–H groups in total. The fraction of sp³-hybridized carbons (Fsp3) is 0.667. The third-order valence-electron chi connectivity index (χ3n) is 2.39. The van der Waals surface area contributed by atoms with Crippen LogP contribution in [0.5, 0.6) is 0 Å². The van der Waals surface area contributed by atoms with Gasteiger partial charge >= 0.3 is 0 Å². The van der Waals surface area contributed by atoms with Crippen LogP contribution in [0, 0.1) is 5.92 Å². The van der Waals surface area contributed by atoms with Gasteiger partial charge < -0.3 is 5.73 Å². The van der Waals surface area contributed by atoms with Crippen LogP contribution in [0.2, 0.25) is 0 Å². The normalized spacial score (nSPS) is 16.0. The van der Waals surface area contributed by atoms with Crippen molar-refractivity contribution in [3.63, 3.8) is 0 Å². The van der Waals surface area contributed by atoms with Crippen LogP contribution in [0.3, 0.4) is 0 Å². The van der Waals surface area contributed by atoms with Gasteiger partial charge in [-0.25, -0.2) is 0 Å². The van der Waals surface area contributed by atoms with Crippen molar-refractivity contribution in [2.75, 3.05) is 0 Å². The average Bonchev–Trinajstić information content (AvgIpc) is 2.02. The van der Waals surface area contributed by atoms with E-state index in [1.54, 1.807) is 0 Å². The van der Waals surface area contributed by atoms with Gasteiger partial charge in [0, 0.05) is 6.04 Å². The first-order valence-corrected chi connectivity index (χ1v) is 5.11. The van der Waals surface area contributed by atoms with Crippen LogP contribution in [0.4, 0.5) is 0 Å². The molecule has 0 aliphatic carbocycles. The molecule has 0 radical (unpaired) electrons. The first-order valence-electron chi connectivity index (χ1n) is 5.11. The molecule has 0 aliphatic rings. The van der Waals surface area contributed by atoms with Gasteiger partial charge in [-0.1, -0.05) is 24.3 Å². The van der Waals surface area contributed by atoms with E-state index in [0.29, 0.717) is 5.92 Å². The Balaban J connectivity index is 3.77. The molecule has 13 heavy (non-hydrogen) atoms. The molecule has 0 rings (SSSR count). The van der Waals surface area contributed by atoms with Crippen LogP contribution in [0.1, 0.15) is 40.0 Å². The van der Waals surface area contributed by atoms with Crippen LogP contribution < -0.4 is 5.73 Å². The summed E-state index contributed by atoms with van der Waals surface area (Å²) in [6, 6.07) is 0.239. The number of hydrogen-bond acceptors (Lipinski definition) is 1. The molecule has 0 aromatic rings. The Morgan fingerprint density at radius 2 is 2.15 bits per heavy atom. The Morgan fingerprint density at radius 3 is 2.54 bits per heavy atom. The predicted molar refractivity (Wildman–Crippen MR) is 60.6 cm³/mol. The second kappa shape index (κ2) is 6.90. The molecule has 1 nitrogen and oxygen atoms in total. The maximum Gasteiger partial charge on any atom is 0.00758 e. The van der Waals surface area contributed by atoms with E-state index in [1.807, 2.05) is 0 Å². The molecule has 0 spiro atoms. The van der Waals surface area contributed by atoms with Crippen LogP contribution in [-0.4, -0.2) is 6.04 Å². The topological polar surface area (TPSA) is 26.0 Å². The Bertz CT molecular complexity index is 168. The molecule has 0 saturated carbocycles. The quantitative estimate of drug-likeness (QED) is 0.494. The lowest BCUT2D eigenvalue weighted by Gasteiger charge is -2.20. The summed E-state index contributed by atoms with van der Waals surface area (Å²) >= 11 is 0. The zero-order valence-corrected chi connectivity index (χ0v) is 9.22. The maximum absolute atomic E-state index is 5.87. The summed E-state index contributed by atoms with van der Waals surface area (Å²) in [5.74, 6) is 0.491. The van der Waals surface area contributed by atoms with Crippen molar-refractivity contribution in [3.8, 4) is 0 Å². The minimum absolute atomic E-state index is 0.239. The number of hydrogen-bond donors (Lipinski definition) is 1. The Labute approximate surface area is 82.7 Å². The van der Waals surface area contributed by atoms with Crippen LogP contribution >= 0.6 is 0 Å². The van der Waals surface area contributed by atoms with Crippen molar-refractivity contribution < 1.29 is 0 Å². The van der Waals surface area contributed by atoms with E-state index in [1.165, 1.54) is 12.0 Å². The summed E-state index contributed by atoms with van der Waals surface area (Å²) in [6.07, 6.45) is 7.84. The molecular weight excluding hydrogens is 158 g/mol. The second-order valence-corrected chi connectivity index (χ2v) is 3.81. The molecule has 1 unspecified atom stereocenters. The third-order valence-corrected chi connectivity index (χ3v) is 2.39. The Morgan fingerprint density at radius 1 is 1.54 bits per heavy atom. The summed E-state index contributed by atoms with van der Waals surface area (Å²) in [7, 11) is 0. The second-order valence-electron chi connectivity index (χ2n) is 3.81. The highest BCUT2D eigenvalue weighted by atomic mass is 14.6. The van der Waals surface area contributed by atoms with E-state index in [4.69, 9.17) is 5.73 Å². The zero-order valence-electron chi connectivity index (χ0n) is 9.22. The lowest BCUT2D eigenvalue weighted by atomic mass is 9.89. The number of allylic oxidation sites excluding steroid dienone is 2. The molecule has 0 heterocycles. The van der Waals surface area contributed by atoms with Gasteiger partial charge in [0.15, 0.2) is 0 Å². The smallest absolute Gasteiger partial charge is 0.00758 e. The van der Waals surface area contributed by atoms with Gasteiger partial charge in [-0.3, -0.25) is 0 Å². The standard InChI is InChI=1S/C12H23N/c1-5-6-7-8-9-12(10(2)3)11(4)13/h5-6,11-12H,2,7-9,13H2,1,3-4H3/b6-5-/t11?,12-/m0/s1. The molecule has 2 atom stereocenters.